The van der Waals surface area contributed by atoms with Crippen molar-refractivity contribution >= 4 is 17.7 Å². The molecule has 0 spiro atoms. The Kier molecular flexibility index (Phi) is 5.40. The lowest BCUT2D eigenvalue weighted by Crippen LogP contribution is -2.32. The molecule has 0 saturated heterocycles. The van der Waals surface area contributed by atoms with Crippen LogP contribution < -0.4 is 14.8 Å². The van der Waals surface area contributed by atoms with E-state index in [0.29, 0.717) is 35.9 Å². The van der Waals surface area contributed by atoms with E-state index in [9.17, 15) is 9.59 Å². The molecule has 1 amide bonds. The van der Waals surface area contributed by atoms with Gasteiger partial charge < -0.3 is 24.1 Å². The van der Waals surface area contributed by atoms with E-state index in [1.807, 2.05) is 18.2 Å². The van der Waals surface area contributed by atoms with E-state index in [0.717, 1.165) is 5.56 Å². The fourth-order valence-electron chi connectivity index (χ4n) is 2.51. The first-order chi connectivity index (χ1) is 12.5. The van der Waals surface area contributed by atoms with Gasteiger partial charge in [0, 0.05) is 12.5 Å². The zero-order valence-electron chi connectivity index (χ0n) is 14.6. The van der Waals surface area contributed by atoms with Crippen molar-refractivity contribution in [2.75, 3.05) is 12.1 Å². The number of ether oxygens (including phenoxy) is 3. The summed E-state index contributed by atoms with van der Waals surface area (Å²) in [6.07, 6.45) is 0.122. The molecule has 0 aliphatic carbocycles. The average molecular weight is 360 g/mol. The van der Waals surface area contributed by atoms with Gasteiger partial charge in [0.1, 0.15) is 5.76 Å². The molecule has 1 atom stereocenters. The minimum atomic E-state index is -0.878. The predicted octanol–water partition coefficient (Wildman–Crippen LogP) is 2.60. The number of benzene rings is 1. The summed E-state index contributed by atoms with van der Waals surface area (Å²) in [5, 5.41) is 6.26. The Hall–Kier alpha value is -3.03. The Bertz CT molecular complexity index is 801. The third-order valence-electron chi connectivity index (χ3n) is 3.87. The zero-order valence-corrected chi connectivity index (χ0v) is 14.6. The van der Waals surface area contributed by atoms with Crippen LogP contribution in [-0.2, 0) is 20.7 Å². The van der Waals surface area contributed by atoms with E-state index >= 15 is 0 Å². The maximum atomic E-state index is 12.2. The molecule has 2 heterocycles. The smallest absolute Gasteiger partial charge is 0.306 e. The quantitative estimate of drug-likeness (QED) is 0.758. The number of rotatable bonds is 7. The number of esters is 1. The van der Waals surface area contributed by atoms with Gasteiger partial charge in [0.25, 0.3) is 5.91 Å². The van der Waals surface area contributed by atoms with Gasteiger partial charge in [0.05, 0.1) is 0 Å². The van der Waals surface area contributed by atoms with E-state index in [1.165, 1.54) is 0 Å². The number of aromatic nitrogens is 1. The van der Waals surface area contributed by atoms with Gasteiger partial charge in [-0.2, -0.15) is 0 Å². The number of carbonyl (C=O) groups is 2. The van der Waals surface area contributed by atoms with Gasteiger partial charge in [-0.25, -0.2) is 0 Å². The lowest BCUT2D eigenvalue weighted by Gasteiger charge is -2.15. The van der Waals surface area contributed by atoms with Crippen molar-refractivity contribution < 1.29 is 28.3 Å². The van der Waals surface area contributed by atoms with Gasteiger partial charge in [-0.1, -0.05) is 18.1 Å². The van der Waals surface area contributed by atoms with Crippen LogP contribution in [0.1, 0.15) is 31.1 Å². The highest BCUT2D eigenvalue weighted by atomic mass is 16.7. The highest BCUT2D eigenvalue weighted by Gasteiger charge is 2.22. The van der Waals surface area contributed by atoms with E-state index < -0.39 is 18.0 Å². The van der Waals surface area contributed by atoms with E-state index in [4.69, 9.17) is 18.7 Å². The third-order valence-corrected chi connectivity index (χ3v) is 3.87. The van der Waals surface area contributed by atoms with Crippen LogP contribution >= 0.6 is 0 Å². The summed E-state index contributed by atoms with van der Waals surface area (Å²) >= 11 is 0. The number of aryl methyl sites for hydroxylation is 2. The number of fused-ring (bicyclic) bond motifs is 1. The van der Waals surface area contributed by atoms with Gasteiger partial charge >= 0.3 is 5.97 Å². The molecule has 138 valence electrons. The second-order valence-corrected chi connectivity index (χ2v) is 5.89. The van der Waals surface area contributed by atoms with Crippen LogP contribution in [0.5, 0.6) is 11.5 Å². The first kappa shape index (κ1) is 17.8. The molecular weight excluding hydrogens is 340 g/mol. The summed E-state index contributed by atoms with van der Waals surface area (Å²) in [5.41, 5.74) is 0.932. The van der Waals surface area contributed by atoms with Gasteiger partial charge in [-0.15, -0.1) is 0 Å². The minimum Gasteiger partial charge on any atom is -0.454 e. The number of hydrogen-bond donors (Lipinski definition) is 1. The Morgan fingerprint density at radius 1 is 1.27 bits per heavy atom. The number of anilines is 1. The van der Waals surface area contributed by atoms with Crippen LogP contribution in [0, 0.1) is 6.92 Å². The maximum absolute atomic E-state index is 12.2. The molecule has 26 heavy (non-hydrogen) atoms. The van der Waals surface area contributed by atoms with Crippen LogP contribution in [0.3, 0.4) is 0 Å². The number of nitrogens with one attached hydrogen (secondary N) is 1. The molecular formula is C18H20N2O6. The van der Waals surface area contributed by atoms with Crippen molar-refractivity contribution in [3.05, 3.63) is 35.6 Å². The normalized spacial score (nSPS) is 13.3. The van der Waals surface area contributed by atoms with Crippen molar-refractivity contribution in [2.24, 2.45) is 0 Å². The summed E-state index contributed by atoms with van der Waals surface area (Å²) in [5.74, 6) is 1.36. The van der Waals surface area contributed by atoms with Crippen LogP contribution in [0.25, 0.3) is 0 Å². The first-order valence-corrected chi connectivity index (χ1v) is 8.37. The minimum absolute atomic E-state index is 0.159. The molecule has 8 nitrogen and oxygen atoms in total. The number of carbonyl (C=O) groups excluding carboxylic acids is 2. The van der Waals surface area contributed by atoms with Crippen LogP contribution in [0.15, 0.2) is 28.8 Å². The fraction of sp³-hybridized carbons (Fsp3) is 0.389. The molecule has 8 heteroatoms. The molecule has 2 aromatic rings. The van der Waals surface area contributed by atoms with Crippen molar-refractivity contribution in [1.82, 2.24) is 5.16 Å². The SMILES string of the molecule is CCC(OC(=O)CCc1ccc2c(c1)OCO2)C(=O)Nc1cc(C)on1. The van der Waals surface area contributed by atoms with Gasteiger partial charge in [0.15, 0.2) is 23.4 Å². The Morgan fingerprint density at radius 3 is 2.81 bits per heavy atom. The Balaban J connectivity index is 1.50. The number of nitrogens with zero attached hydrogens (tertiary/aromatic N) is 1. The molecule has 0 saturated carbocycles. The molecule has 1 aliphatic rings. The van der Waals surface area contributed by atoms with Crippen molar-refractivity contribution in [3.8, 4) is 11.5 Å². The van der Waals surface area contributed by atoms with Crippen molar-refractivity contribution in [2.45, 2.75) is 39.2 Å². The van der Waals surface area contributed by atoms with Gasteiger partial charge in [0.2, 0.25) is 6.79 Å². The largest absolute Gasteiger partial charge is 0.454 e. The molecule has 0 bridgehead atoms. The summed E-state index contributed by atoms with van der Waals surface area (Å²) in [6, 6.07) is 7.11. The molecule has 3 rings (SSSR count). The summed E-state index contributed by atoms with van der Waals surface area (Å²) in [7, 11) is 0. The monoisotopic (exact) mass is 360 g/mol. The highest BCUT2D eigenvalue weighted by Crippen LogP contribution is 2.32. The molecule has 1 N–H and O–H groups in total. The standard InChI is InChI=1S/C18H20N2O6/c1-3-13(18(22)19-16-8-11(2)26-20-16)25-17(21)7-5-12-4-6-14-15(9-12)24-10-23-14/h4,6,8-9,13H,3,5,7,10H2,1-2H3,(H,19,20,22). The number of amides is 1. The number of hydrogen-bond acceptors (Lipinski definition) is 7. The lowest BCUT2D eigenvalue weighted by atomic mass is 10.1. The van der Waals surface area contributed by atoms with Crippen molar-refractivity contribution in [3.63, 3.8) is 0 Å². The first-order valence-electron chi connectivity index (χ1n) is 8.37. The molecule has 1 aliphatic heterocycles. The molecule has 0 radical (unpaired) electrons. The van der Waals surface area contributed by atoms with E-state index in [2.05, 4.69) is 10.5 Å². The summed E-state index contributed by atoms with van der Waals surface area (Å²) < 4.78 is 20.7. The second kappa shape index (κ2) is 7.90. The second-order valence-electron chi connectivity index (χ2n) is 5.89. The van der Waals surface area contributed by atoms with E-state index in [-0.39, 0.29) is 13.2 Å². The highest BCUT2D eigenvalue weighted by molar-refractivity contribution is 5.94. The molecule has 1 aromatic heterocycles. The van der Waals surface area contributed by atoms with Crippen molar-refractivity contribution in [1.29, 1.82) is 0 Å². The summed E-state index contributed by atoms with van der Waals surface area (Å²) in [6.45, 7) is 3.69. The van der Waals surface area contributed by atoms with Crippen LogP contribution in [0.2, 0.25) is 0 Å². The van der Waals surface area contributed by atoms with Gasteiger partial charge in [-0.05, 0) is 37.5 Å². The predicted molar refractivity (Wildman–Crippen MR) is 90.9 cm³/mol. The average Bonchev–Trinajstić information content (AvgIpc) is 3.25. The molecule has 0 fully saturated rings. The van der Waals surface area contributed by atoms with Gasteiger partial charge in [-0.3, -0.25) is 9.59 Å². The van der Waals surface area contributed by atoms with E-state index in [1.54, 1.807) is 19.9 Å². The topological polar surface area (TPSA) is 99.9 Å². The summed E-state index contributed by atoms with van der Waals surface area (Å²) in [4.78, 5) is 24.3. The maximum Gasteiger partial charge on any atom is 0.306 e. The Morgan fingerprint density at radius 2 is 2.08 bits per heavy atom. The Labute approximate surface area is 150 Å². The van der Waals surface area contributed by atoms with Crippen LogP contribution in [0.4, 0.5) is 5.82 Å². The molecule has 1 aromatic carbocycles. The van der Waals surface area contributed by atoms with Crippen LogP contribution in [-0.4, -0.2) is 29.9 Å². The third kappa shape index (κ3) is 4.33. The fourth-order valence-corrected chi connectivity index (χ4v) is 2.51. The molecule has 1 unspecified atom stereocenters. The zero-order chi connectivity index (χ0) is 18.5. The lowest BCUT2D eigenvalue weighted by molar-refractivity contribution is -0.154.